The first-order valence-electron chi connectivity index (χ1n) is 4.64. The molecule has 82 valence electrons. The maximum Gasteiger partial charge on any atom is 0.254 e. The first-order valence-corrected chi connectivity index (χ1v) is 4.64. The summed E-state index contributed by atoms with van der Waals surface area (Å²) in [5.74, 6) is 0.283. The van der Waals surface area contributed by atoms with Crippen molar-refractivity contribution in [1.82, 2.24) is 5.43 Å². The van der Waals surface area contributed by atoms with Gasteiger partial charge in [0.15, 0.2) is 0 Å². The number of nitrogens with one attached hydrogen (secondary N) is 1. The number of carbonyl (C=O) groups excluding carboxylic acids is 1. The van der Waals surface area contributed by atoms with Gasteiger partial charge >= 0.3 is 0 Å². The van der Waals surface area contributed by atoms with E-state index in [1.54, 1.807) is 43.5 Å². The summed E-state index contributed by atoms with van der Waals surface area (Å²) in [6.07, 6.45) is 4.81. The number of hydrazone groups is 1. The van der Waals surface area contributed by atoms with Gasteiger partial charge in [-0.15, -0.1) is 0 Å². The van der Waals surface area contributed by atoms with E-state index in [0.29, 0.717) is 11.5 Å². The van der Waals surface area contributed by atoms with Crippen molar-refractivity contribution in [1.29, 1.82) is 5.26 Å². The van der Waals surface area contributed by atoms with Crippen LogP contribution in [0.3, 0.4) is 0 Å². The molecule has 0 bridgehead atoms. The van der Waals surface area contributed by atoms with Crippen molar-refractivity contribution in [3.05, 3.63) is 30.2 Å². The minimum Gasteiger partial charge on any atom is -0.465 e. The fourth-order valence-electron chi connectivity index (χ4n) is 0.888. The molecular weight excluding hydrogens is 206 g/mol. The Hall–Kier alpha value is -2.35. The highest BCUT2D eigenvalue weighted by Gasteiger charge is 1.96. The maximum absolute atomic E-state index is 10.9. The lowest BCUT2D eigenvalue weighted by atomic mass is 10.3. The van der Waals surface area contributed by atoms with Gasteiger partial charge in [-0.2, -0.15) is 10.4 Å². The molecule has 0 radical (unpaired) electrons. The molecule has 1 aromatic rings. The quantitative estimate of drug-likeness (QED) is 0.615. The number of nitrogens with zero attached hydrogens (tertiary/aromatic N) is 2. The molecule has 0 unspecified atom stereocenters. The molecule has 0 fully saturated rings. The summed E-state index contributed by atoms with van der Waals surface area (Å²) in [5.41, 5.74) is 2.87. The molecule has 1 amide bonds. The topological polar surface area (TPSA) is 78.4 Å². The Balaban J connectivity index is 2.46. The Bertz CT molecular complexity index is 438. The van der Waals surface area contributed by atoms with E-state index in [9.17, 15) is 4.79 Å². The lowest BCUT2D eigenvalue weighted by Gasteiger charge is -1.94. The highest BCUT2D eigenvalue weighted by atomic mass is 16.3. The van der Waals surface area contributed by atoms with Crippen LogP contribution in [0.25, 0.3) is 6.08 Å². The molecule has 16 heavy (non-hydrogen) atoms. The van der Waals surface area contributed by atoms with E-state index in [0.717, 1.165) is 0 Å². The van der Waals surface area contributed by atoms with Gasteiger partial charge in [-0.25, -0.2) is 5.43 Å². The Morgan fingerprint density at radius 2 is 2.56 bits per heavy atom. The minimum absolute atomic E-state index is 0.196. The van der Waals surface area contributed by atoms with Gasteiger partial charge in [0.1, 0.15) is 12.2 Å². The van der Waals surface area contributed by atoms with Crippen LogP contribution in [0.4, 0.5) is 0 Å². The van der Waals surface area contributed by atoms with E-state index in [2.05, 4.69) is 10.5 Å². The molecule has 0 aliphatic rings. The molecule has 5 nitrogen and oxygen atoms in total. The van der Waals surface area contributed by atoms with Crippen molar-refractivity contribution in [2.45, 2.75) is 13.3 Å². The van der Waals surface area contributed by atoms with Gasteiger partial charge in [-0.05, 0) is 31.2 Å². The Kier molecular flexibility index (Phi) is 4.54. The minimum atomic E-state index is -0.423. The highest BCUT2D eigenvalue weighted by molar-refractivity contribution is 5.96. The lowest BCUT2D eigenvalue weighted by Crippen LogP contribution is -2.17. The number of nitriles is 1. The van der Waals surface area contributed by atoms with Crippen LogP contribution in [0, 0.1) is 11.3 Å². The van der Waals surface area contributed by atoms with E-state index >= 15 is 0 Å². The van der Waals surface area contributed by atoms with Crippen molar-refractivity contribution in [3.8, 4) is 6.07 Å². The third-order valence-electron chi connectivity index (χ3n) is 1.63. The van der Waals surface area contributed by atoms with E-state index in [1.165, 1.54) is 0 Å². The molecule has 1 aromatic heterocycles. The van der Waals surface area contributed by atoms with Crippen LogP contribution in [-0.2, 0) is 4.79 Å². The molecule has 0 aliphatic carbocycles. The molecule has 0 spiro atoms. The summed E-state index contributed by atoms with van der Waals surface area (Å²) in [6, 6.07) is 5.31. The fourth-order valence-corrected chi connectivity index (χ4v) is 0.888. The van der Waals surface area contributed by atoms with Gasteiger partial charge in [-0.1, -0.05) is 0 Å². The molecule has 5 heteroatoms. The van der Waals surface area contributed by atoms with Crippen molar-refractivity contribution in [2.75, 3.05) is 0 Å². The number of rotatable bonds is 4. The molecular formula is C11H11N3O2. The van der Waals surface area contributed by atoms with Crippen LogP contribution in [0.1, 0.15) is 19.1 Å². The van der Waals surface area contributed by atoms with Gasteiger partial charge in [0, 0.05) is 0 Å². The second kappa shape index (κ2) is 6.19. The van der Waals surface area contributed by atoms with E-state index in [1.807, 2.05) is 0 Å². The van der Waals surface area contributed by atoms with Crippen LogP contribution in [0.5, 0.6) is 0 Å². The number of allylic oxidation sites excluding steroid dienone is 1. The van der Waals surface area contributed by atoms with Crippen molar-refractivity contribution < 1.29 is 9.21 Å². The normalized spacial score (nSPS) is 11.4. The predicted octanol–water partition coefficient (Wildman–Crippen LogP) is 1.70. The largest absolute Gasteiger partial charge is 0.465 e. The van der Waals surface area contributed by atoms with Gasteiger partial charge in [0.05, 0.1) is 18.0 Å². The number of amides is 1. The van der Waals surface area contributed by atoms with Crippen molar-refractivity contribution in [2.24, 2.45) is 5.10 Å². The molecule has 1 heterocycles. The summed E-state index contributed by atoms with van der Waals surface area (Å²) in [5, 5.41) is 12.0. The van der Waals surface area contributed by atoms with E-state index < -0.39 is 5.91 Å². The van der Waals surface area contributed by atoms with Crippen LogP contribution in [0.15, 0.2) is 34.0 Å². The lowest BCUT2D eigenvalue weighted by molar-refractivity contribution is -0.120. The predicted molar refractivity (Wildman–Crippen MR) is 59.2 cm³/mol. The highest BCUT2D eigenvalue weighted by Crippen LogP contribution is 2.02. The summed E-state index contributed by atoms with van der Waals surface area (Å²) in [4.78, 5) is 10.9. The summed E-state index contributed by atoms with van der Waals surface area (Å²) in [7, 11) is 0. The van der Waals surface area contributed by atoms with Gasteiger partial charge in [0.25, 0.3) is 5.91 Å². The second-order valence-electron chi connectivity index (χ2n) is 2.97. The summed E-state index contributed by atoms with van der Waals surface area (Å²) < 4.78 is 5.08. The average molecular weight is 217 g/mol. The Labute approximate surface area is 93.1 Å². The molecule has 0 saturated heterocycles. The Morgan fingerprint density at radius 1 is 1.75 bits per heavy atom. The zero-order valence-electron chi connectivity index (χ0n) is 8.80. The molecule has 1 rings (SSSR count). The fraction of sp³-hybridized carbons (Fsp3) is 0.182. The standard InChI is InChI=1S/C11H11N3O2/c1-9(13-14-11(15)6-7-12)4-5-10-3-2-8-16-10/h2-5,8H,6H2,1H3,(H,14,15)/b5-4-,13-9-. The first kappa shape index (κ1) is 11.7. The van der Waals surface area contributed by atoms with Crippen molar-refractivity contribution >= 4 is 17.7 Å². The number of hydrogen-bond acceptors (Lipinski definition) is 4. The number of hydrogen-bond donors (Lipinski definition) is 1. The second-order valence-corrected chi connectivity index (χ2v) is 2.97. The first-order chi connectivity index (χ1) is 7.72. The Morgan fingerprint density at radius 3 is 3.19 bits per heavy atom. The number of furan rings is 1. The monoisotopic (exact) mass is 217 g/mol. The zero-order valence-corrected chi connectivity index (χ0v) is 8.80. The molecule has 0 atom stereocenters. The average Bonchev–Trinajstić information content (AvgIpc) is 2.77. The molecule has 1 N–H and O–H groups in total. The van der Waals surface area contributed by atoms with Gasteiger partial charge in [0.2, 0.25) is 0 Å². The third-order valence-corrected chi connectivity index (χ3v) is 1.63. The SMILES string of the molecule is CC(/C=C\c1ccco1)=N/NC(=O)CC#N. The molecule has 0 saturated carbocycles. The molecule has 0 aromatic carbocycles. The van der Waals surface area contributed by atoms with Crippen LogP contribution >= 0.6 is 0 Å². The zero-order chi connectivity index (χ0) is 11.8. The van der Waals surface area contributed by atoms with Crippen LogP contribution < -0.4 is 5.43 Å². The molecule has 0 aliphatic heterocycles. The smallest absolute Gasteiger partial charge is 0.254 e. The third kappa shape index (κ3) is 4.24. The van der Waals surface area contributed by atoms with E-state index in [4.69, 9.17) is 9.68 Å². The summed E-state index contributed by atoms with van der Waals surface area (Å²) >= 11 is 0. The summed E-state index contributed by atoms with van der Waals surface area (Å²) in [6.45, 7) is 1.73. The maximum atomic E-state index is 10.9. The van der Waals surface area contributed by atoms with Crippen LogP contribution in [0.2, 0.25) is 0 Å². The van der Waals surface area contributed by atoms with Gasteiger partial charge in [-0.3, -0.25) is 4.79 Å². The number of carbonyl (C=O) groups is 1. The van der Waals surface area contributed by atoms with Crippen molar-refractivity contribution in [3.63, 3.8) is 0 Å². The van der Waals surface area contributed by atoms with Gasteiger partial charge < -0.3 is 4.42 Å². The van der Waals surface area contributed by atoms with E-state index in [-0.39, 0.29) is 6.42 Å². The van der Waals surface area contributed by atoms with Crippen LogP contribution in [-0.4, -0.2) is 11.6 Å².